The number of aryl methyl sites for hydroxylation is 1. The summed E-state index contributed by atoms with van der Waals surface area (Å²) in [4.78, 5) is 14.3. The van der Waals surface area contributed by atoms with Crippen LogP contribution in [0.3, 0.4) is 0 Å². The van der Waals surface area contributed by atoms with Gasteiger partial charge in [-0.05, 0) is 19.9 Å². The van der Waals surface area contributed by atoms with Crippen molar-refractivity contribution in [2.24, 2.45) is 0 Å². The van der Waals surface area contributed by atoms with E-state index in [-0.39, 0.29) is 12.3 Å². The number of nitrogens with zero attached hydrogens (tertiary/aromatic N) is 4. The number of ether oxygens (including phenoxy) is 1. The van der Waals surface area contributed by atoms with Crippen LogP contribution in [-0.4, -0.2) is 24.8 Å². The van der Waals surface area contributed by atoms with Crippen LogP contribution in [0.1, 0.15) is 31.3 Å². The third-order valence-corrected chi connectivity index (χ3v) is 3.01. The molecule has 0 saturated carbocycles. The van der Waals surface area contributed by atoms with E-state index in [0.29, 0.717) is 23.7 Å². The fourth-order valence-electron chi connectivity index (χ4n) is 1.91. The summed E-state index contributed by atoms with van der Waals surface area (Å²) in [7, 11) is 0. The standard InChI is InChI=1S/C13H16N4O4/c1-3-16-13(14-8-15-16)7-21-12-5-4-10(17(19)20)6-11(12)9(2)18/h4-6,8-9,18H,3,7H2,1-2H3. The lowest BCUT2D eigenvalue weighted by atomic mass is 10.1. The molecular formula is C13H16N4O4. The Balaban J connectivity index is 2.21. The Kier molecular flexibility index (Phi) is 4.49. The van der Waals surface area contributed by atoms with Crippen molar-refractivity contribution >= 4 is 5.69 Å². The molecule has 0 aliphatic rings. The third-order valence-electron chi connectivity index (χ3n) is 3.01. The summed E-state index contributed by atoms with van der Waals surface area (Å²) in [6.45, 7) is 4.30. The van der Waals surface area contributed by atoms with E-state index in [4.69, 9.17) is 4.74 Å². The van der Waals surface area contributed by atoms with Crippen molar-refractivity contribution in [3.63, 3.8) is 0 Å². The van der Waals surface area contributed by atoms with Crippen LogP contribution < -0.4 is 4.74 Å². The van der Waals surface area contributed by atoms with Gasteiger partial charge < -0.3 is 9.84 Å². The zero-order chi connectivity index (χ0) is 15.4. The molecule has 0 amide bonds. The molecule has 1 N–H and O–H groups in total. The van der Waals surface area contributed by atoms with Crippen molar-refractivity contribution in [3.05, 3.63) is 46.0 Å². The largest absolute Gasteiger partial charge is 0.485 e. The molecule has 0 spiro atoms. The molecule has 0 aliphatic carbocycles. The predicted octanol–water partition coefficient (Wildman–Crippen LogP) is 1.84. The number of aliphatic hydroxyl groups excluding tert-OH is 1. The SMILES string of the molecule is CCn1ncnc1COc1ccc([N+](=O)[O-])cc1C(C)O. The van der Waals surface area contributed by atoms with Gasteiger partial charge in [0.15, 0.2) is 5.82 Å². The second kappa shape index (κ2) is 6.31. The molecule has 1 unspecified atom stereocenters. The van der Waals surface area contributed by atoms with Gasteiger partial charge in [0, 0.05) is 24.2 Å². The van der Waals surface area contributed by atoms with Crippen molar-refractivity contribution in [2.75, 3.05) is 0 Å². The van der Waals surface area contributed by atoms with E-state index in [1.54, 1.807) is 4.68 Å². The first kappa shape index (κ1) is 14.9. The molecule has 1 atom stereocenters. The minimum Gasteiger partial charge on any atom is -0.485 e. The summed E-state index contributed by atoms with van der Waals surface area (Å²) in [5.74, 6) is 1.04. The van der Waals surface area contributed by atoms with Gasteiger partial charge in [0.05, 0.1) is 11.0 Å². The highest BCUT2D eigenvalue weighted by atomic mass is 16.6. The van der Waals surface area contributed by atoms with E-state index in [2.05, 4.69) is 10.1 Å². The Morgan fingerprint density at radius 2 is 2.29 bits per heavy atom. The van der Waals surface area contributed by atoms with Crippen molar-refractivity contribution in [1.29, 1.82) is 0 Å². The number of aliphatic hydroxyl groups is 1. The van der Waals surface area contributed by atoms with Gasteiger partial charge in [0.25, 0.3) is 5.69 Å². The van der Waals surface area contributed by atoms with Crippen molar-refractivity contribution in [2.45, 2.75) is 33.1 Å². The number of aromatic nitrogens is 3. The van der Waals surface area contributed by atoms with E-state index in [9.17, 15) is 15.2 Å². The molecule has 2 aromatic rings. The second-order valence-corrected chi connectivity index (χ2v) is 4.44. The topological polar surface area (TPSA) is 103 Å². The average molecular weight is 292 g/mol. The van der Waals surface area contributed by atoms with E-state index < -0.39 is 11.0 Å². The molecule has 0 bridgehead atoms. The normalized spacial score (nSPS) is 12.1. The molecular weight excluding hydrogens is 276 g/mol. The molecule has 8 heteroatoms. The van der Waals surface area contributed by atoms with Crippen LogP contribution in [0.15, 0.2) is 24.5 Å². The van der Waals surface area contributed by atoms with Crippen molar-refractivity contribution < 1.29 is 14.8 Å². The molecule has 1 heterocycles. The molecule has 1 aromatic carbocycles. The fourth-order valence-corrected chi connectivity index (χ4v) is 1.91. The van der Waals surface area contributed by atoms with Gasteiger partial charge in [-0.15, -0.1) is 0 Å². The zero-order valence-electron chi connectivity index (χ0n) is 11.8. The van der Waals surface area contributed by atoms with Crippen LogP contribution in [0, 0.1) is 10.1 Å². The van der Waals surface area contributed by atoms with Gasteiger partial charge in [0.2, 0.25) is 0 Å². The van der Waals surface area contributed by atoms with Gasteiger partial charge >= 0.3 is 0 Å². The van der Waals surface area contributed by atoms with Crippen LogP contribution in [-0.2, 0) is 13.2 Å². The lowest BCUT2D eigenvalue weighted by Gasteiger charge is -2.13. The maximum atomic E-state index is 10.8. The number of hydrogen-bond donors (Lipinski definition) is 1. The van der Waals surface area contributed by atoms with Gasteiger partial charge in [-0.3, -0.25) is 10.1 Å². The maximum absolute atomic E-state index is 10.8. The van der Waals surface area contributed by atoms with Crippen LogP contribution in [0.5, 0.6) is 5.75 Å². The number of non-ortho nitro benzene ring substituents is 1. The third kappa shape index (κ3) is 3.34. The summed E-state index contributed by atoms with van der Waals surface area (Å²) in [6.07, 6.45) is 0.567. The molecule has 8 nitrogen and oxygen atoms in total. The Hall–Kier alpha value is -2.48. The lowest BCUT2D eigenvalue weighted by molar-refractivity contribution is -0.385. The zero-order valence-corrected chi connectivity index (χ0v) is 11.8. The van der Waals surface area contributed by atoms with Gasteiger partial charge in [-0.1, -0.05) is 0 Å². The first-order valence-corrected chi connectivity index (χ1v) is 6.48. The highest BCUT2D eigenvalue weighted by molar-refractivity contribution is 5.44. The number of hydrogen-bond acceptors (Lipinski definition) is 6. The van der Waals surface area contributed by atoms with Crippen LogP contribution >= 0.6 is 0 Å². The highest BCUT2D eigenvalue weighted by Crippen LogP contribution is 2.29. The minimum absolute atomic E-state index is 0.0880. The summed E-state index contributed by atoms with van der Waals surface area (Å²) >= 11 is 0. The second-order valence-electron chi connectivity index (χ2n) is 4.44. The number of nitro groups is 1. The lowest BCUT2D eigenvalue weighted by Crippen LogP contribution is -2.08. The highest BCUT2D eigenvalue weighted by Gasteiger charge is 2.16. The van der Waals surface area contributed by atoms with Gasteiger partial charge in [-0.2, -0.15) is 5.10 Å². The van der Waals surface area contributed by atoms with Crippen LogP contribution in [0.25, 0.3) is 0 Å². The molecule has 0 fully saturated rings. The molecule has 2 rings (SSSR count). The first-order chi connectivity index (χ1) is 10.0. The van der Waals surface area contributed by atoms with Gasteiger partial charge in [0.1, 0.15) is 18.7 Å². The Morgan fingerprint density at radius 3 is 2.90 bits per heavy atom. The molecule has 0 radical (unpaired) electrons. The predicted molar refractivity (Wildman–Crippen MR) is 73.8 cm³/mol. The number of rotatable bonds is 6. The van der Waals surface area contributed by atoms with Crippen molar-refractivity contribution in [3.8, 4) is 5.75 Å². The summed E-state index contributed by atoms with van der Waals surface area (Å²) in [6, 6.07) is 4.13. The quantitative estimate of drug-likeness (QED) is 0.643. The Morgan fingerprint density at radius 1 is 1.52 bits per heavy atom. The summed E-state index contributed by atoms with van der Waals surface area (Å²) < 4.78 is 7.30. The van der Waals surface area contributed by atoms with Crippen LogP contribution in [0.4, 0.5) is 5.69 Å². The fraction of sp³-hybridized carbons (Fsp3) is 0.385. The van der Waals surface area contributed by atoms with Gasteiger partial charge in [-0.25, -0.2) is 9.67 Å². The molecule has 112 valence electrons. The monoisotopic (exact) mass is 292 g/mol. The molecule has 1 aromatic heterocycles. The summed E-state index contributed by atoms with van der Waals surface area (Å²) in [5, 5.41) is 24.5. The van der Waals surface area contributed by atoms with E-state index >= 15 is 0 Å². The molecule has 0 aliphatic heterocycles. The number of benzene rings is 1. The molecule has 0 saturated heterocycles. The average Bonchev–Trinajstić information content (AvgIpc) is 2.92. The van der Waals surface area contributed by atoms with Crippen LogP contribution in [0.2, 0.25) is 0 Å². The van der Waals surface area contributed by atoms with E-state index in [0.717, 1.165) is 0 Å². The number of nitro benzene ring substituents is 1. The summed E-state index contributed by atoms with van der Waals surface area (Å²) in [5.41, 5.74) is 0.279. The van der Waals surface area contributed by atoms with E-state index in [1.165, 1.54) is 31.5 Å². The maximum Gasteiger partial charge on any atom is 0.270 e. The first-order valence-electron chi connectivity index (χ1n) is 6.48. The Labute approximate surface area is 121 Å². The molecule has 21 heavy (non-hydrogen) atoms. The Bertz CT molecular complexity index is 639. The van der Waals surface area contributed by atoms with E-state index in [1.807, 2.05) is 6.92 Å². The van der Waals surface area contributed by atoms with Crippen molar-refractivity contribution in [1.82, 2.24) is 14.8 Å². The minimum atomic E-state index is -0.871. The smallest absolute Gasteiger partial charge is 0.270 e.